The summed E-state index contributed by atoms with van der Waals surface area (Å²) in [5.74, 6) is 0.584. The first-order valence-corrected chi connectivity index (χ1v) is 5.89. The molecule has 2 aromatic rings. The maximum Gasteiger partial charge on any atom is 0.144 e. The van der Waals surface area contributed by atoms with Gasteiger partial charge in [0.05, 0.1) is 17.4 Å². The van der Waals surface area contributed by atoms with Crippen molar-refractivity contribution in [3.63, 3.8) is 0 Å². The van der Waals surface area contributed by atoms with Crippen molar-refractivity contribution >= 4 is 28.7 Å². The van der Waals surface area contributed by atoms with E-state index < -0.39 is 0 Å². The molecule has 0 aliphatic carbocycles. The van der Waals surface area contributed by atoms with Crippen LogP contribution in [-0.2, 0) is 0 Å². The normalized spacial score (nSPS) is 10.6. The number of nitrogens with one attached hydrogen (secondary N) is 1. The molecule has 0 saturated heterocycles. The number of nitrogens with zero attached hydrogens (tertiary/aromatic N) is 4. The van der Waals surface area contributed by atoms with Crippen LogP contribution in [0.25, 0.3) is 0 Å². The molecule has 7 heteroatoms. The average Bonchev–Trinajstić information content (AvgIpc) is 2.78. The van der Waals surface area contributed by atoms with Crippen LogP contribution in [-0.4, -0.2) is 24.7 Å². The highest BCUT2D eigenvalue weighted by Gasteiger charge is 2.08. The van der Waals surface area contributed by atoms with E-state index in [1.807, 2.05) is 10.9 Å². The van der Waals surface area contributed by atoms with E-state index in [2.05, 4.69) is 34.2 Å². The molecule has 0 bridgehead atoms. The number of aromatic nitrogens is 4. The highest BCUT2D eigenvalue weighted by Crippen LogP contribution is 2.18. The summed E-state index contributed by atoms with van der Waals surface area (Å²) in [5.41, 5.74) is 7.06. The van der Waals surface area contributed by atoms with Crippen molar-refractivity contribution in [1.82, 2.24) is 19.7 Å². The molecule has 0 unspecified atom stereocenters. The largest absolute Gasteiger partial charge is 0.389 e. The summed E-state index contributed by atoms with van der Waals surface area (Å²) >= 11 is 4.95. The van der Waals surface area contributed by atoms with E-state index >= 15 is 0 Å². The summed E-state index contributed by atoms with van der Waals surface area (Å²) in [6, 6.07) is 0.306. The number of thiocarbonyl (C=S) groups is 1. The van der Waals surface area contributed by atoms with E-state index in [9.17, 15) is 0 Å². The molecule has 0 aliphatic heterocycles. The minimum Gasteiger partial charge on any atom is -0.389 e. The molecule has 0 atom stereocenters. The van der Waals surface area contributed by atoms with Crippen LogP contribution in [0.1, 0.15) is 25.5 Å². The van der Waals surface area contributed by atoms with Crippen molar-refractivity contribution in [2.24, 2.45) is 5.73 Å². The van der Waals surface area contributed by atoms with Crippen LogP contribution in [0.5, 0.6) is 0 Å². The number of nitrogens with two attached hydrogens (primary N) is 1. The zero-order chi connectivity index (χ0) is 13.1. The Balaban J connectivity index is 2.25. The minimum atomic E-state index is 0.259. The molecular formula is C11H14N6S. The molecule has 0 aliphatic rings. The third-order valence-electron chi connectivity index (χ3n) is 2.37. The first kappa shape index (κ1) is 12.4. The Morgan fingerprint density at radius 1 is 1.44 bits per heavy atom. The second-order valence-electron chi connectivity index (χ2n) is 4.08. The quantitative estimate of drug-likeness (QED) is 0.815. The SMILES string of the molecule is CC(C)n1cc(Nc2ncncc2C(N)=S)cn1. The van der Waals surface area contributed by atoms with Crippen LogP contribution in [0.15, 0.2) is 24.9 Å². The number of hydrogen-bond donors (Lipinski definition) is 2. The van der Waals surface area contributed by atoms with Gasteiger partial charge in [-0.3, -0.25) is 4.68 Å². The number of anilines is 2. The van der Waals surface area contributed by atoms with Gasteiger partial charge in [0.2, 0.25) is 0 Å². The summed E-state index contributed by atoms with van der Waals surface area (Å²) in [4.78, 5) is 8.28. The third kappa shape index (κ3) is 2.62. The van der Waals surface area contributed by atoms with Crippen LogP contribution in [0.2, 0.25) is 0 Å². The molecule has 2 rings (SSSR count). The van der Waals surface area contributed by atoms with E-state index in [0.717, 1.165) is 5.69 Å². The predicted molar refractivity (Wildman–Crippen MR) is 73.8 cm³/mol. The van der Waals surface area contributed by atoms with Gasteiger partial charge in [-0.15, -0.1) is 0 Å². The van der Waals surface area contributed by atoms with E-state index in [4.69, 9.17) is 18.0 Å². The van der Waals surface area contributed by atoms with Gasteiger partial charge in [-0.2, -0.15) is 5.10 Å². The maximum atomic E-state index is 5.61. The molecule has 0 amide bonds. The van der Waals surface area contributed by atoms with Gasteiger partial charge in [0.1, 0.15) is 17.1 Å². The first-order valence-electron chi connectivity index (χ1n) is 5.49. The third-order valence-corrected chi connectivity index (χ3v) is 2.59. The van der Waals surface area contributed by atoms with Crippen LogP contribution in [0.4, 0.5) is 11.5 Å². The number of hydrogen-bond acceptors (Lipinski definition) is 5. The smallest absolute Gasteiger partial charge is 0.144 e. The van der Waals surface area contributed by atoms with Crippen LogP contribution in [0.3, 0.4) is 0 Å². The fourth-order valence-electron chi connectivity index (χ4n) is 1.43. The Morgan fingerprint density at radius 2 is 2.22 bits per heavy atom. The molecular weight excluding hydrogens is 248 g/mol. The van der Waals surface area contributed by atoms with Crippen LogP contribution >= 0.6 is 12.2 Å². The Kier molecular flexibility index (Phi) is 3.52. The zero-order valence-corrected chi connectivity index (χ0v) is 11.0. The van der Waals surface area contributed by atoms with Crippen molar-refractivity contribution in [3.8, 4) is 0 Å². The summed E-state index contributed by atoms with van der Waals surface area (Å²) in [6.07, 6.45) is 6.66. The second-order valence-corrected chi connectivity index (χ2v) is 4.52. The molecule has 0 saturated carbocycles. The van der Waals surface area contributed by atoms with Gasteiger partial charge in [-0.05, 0) is 13.8 Å². The van der Waals surface area contributed by atoms with Gasteiger partial charge in [-0.1, -0.05) is 12.2 Å². The highest BCUT2D eigenvalue weighted by atomic mass is 32.1. The molecule has 94 valence electrons. The van der Waals surface area contributed by atoms with Crippen LogP contribution < -0.4 is 11.1 Å². The van der Waals surface area contributed by atoms with Crippen molar-refractivity contribution in [2.45, 2.75) is 19.9 Å². The Morgan fingerprint density at radius 3 is 2.83 bits per heavy atom. The van der Waals surface area contributed by atoms with E-state index in [1.165, 1.54) is 6.33 Å². The van der Waals surface area contributed by atoms with Gasteiger partial charge in [0, 0.05) is 18.4 Å². The van der Waals surface area contributed by atoms with E-state index in [1.54, 1.807) is 12.4 Å². The lowest BCUT2D eigenvalue weighted by Crippen LogP contribution is -2.13. The van der Waals surface area contributed by atoms with Gasteiger partial charge < -0.3 is 11.1 Å². The Labute approximate surface area is 110 Å². The lowest BCUT2D eigenvalue weighted by molar-refractivity contribution is 0.532. The van der Waals surface area contributed by atoms with Crippen molar-refractivity contribution in [1.29, 1.82) is 0 Å². The topological polar surface area (TPSA) is 81.7 Å². The van der Waals surface area contributed by atoms with Gasteiger partial charge >= 0.3 is 0 Å². The molecule has 2 aromatic heterocycles. The zero-order valence-electron chi connectivity index (χ0n) is 10.2. The van der Waals surface area contributed by atoms with E-state index in [0.29, 0.717) is 17.4 Å². The standard InChI is InChI=1S/C11H14N6S/c1-7(2)17-5-8(3-15-17)16-11-9(10(12)18)4-13-6-14-11/h3-7H,1-2H3,(H2,12,18)(H,13,14,16). The predicted octanol–water partition coefficient (Wildman–Crippen LogP) is 1.63. The molecule has 0 spiro atoms. The summed E-state index contributed by atoms with van der Waals surface area (Å²) < 4.78 is 1.85. The monoisotopic (exact) mass is 262 g/mol. The number of rotatable bonds is 4. The minimum absolute atomic E-state index is 0.259. The maximum absolute atomic E-state index is 5.61. The van der Waals surface area contributed by atoms with Crippen molar-refractivity contribution in [2.75, 3.05) is 5.32 Å². The highest BCUT2D eigenvalue weighted by molar-refractivity contribution is 7.80. The van der Waals surface area contributed by atoms with Crippen molar-refractivity contribution < 1.29 is 0 Å². The molecule has 0 radical (unpaired) electrons. The van der Waals surface area contributed by atoms with E-state index in [-0.39, 0.29) is 4.99 Å². The first-order chi connectivity index (χ1) is 8.58. The molecule has 0 fully saturated rings. The lowest BCUT2D eigenvalue weighted by atomic mass is 10.3. The van der Waals surface area contributed by atoms with Gasteiger partial charge in [-0.25, -0.2) is 9.97 Å². The lowest BCUT2D eigenvalue weighted by Gasteiger charge is -2.07. The molecule has 3 N–H and O–H groups in total. The molecule has 6 nitrogen and oxygen atoms in total. The molecule has 18 heavy (non-hydrogen) atoms. The van der Waals surface area contributed by atoms with Gasteiger partial charge in [0.25, 0.3) is 0 Å². The summed E-state index contributed by atoms with van der Waals surface area (Å²) in [6.45, 7) is 4.11. The second kappa shape index (κ2) is 5.09. The Hall–Kier alpha value is -2.02. The fourth-order valence-corrected chi connectivity index (χ4v) is 1.58. The average molecular weight is 262 g/mol. The molecule has 2 heterocycles. The Bertz CT molecular complexity index is 562. The summed E-state index contributed by atoms with van der Waals surface area (Å²) in [5, 5.41) is 7.36. The van der Waals surface area contributed by atoms with Crippen molar-refractivity contribution in [3.05, 3.63) is 30.5 Å². The molecule has 0 aromatic carbocycles. The summed E-state index contributed by atoms with van der Waals surface area (Å²) in [7, 11) is 0. The van der Waals surface area contributed by atoms with Gasteiger partial charge in [0.15, 0.2) is 0 Å². The fraction of sp³-hybridized carbons (Fsp3) is 0.273. The van der Waals surface area contributed by atoms with Crippen LogP contribution in [0, 0.1) is 0 Å².